The van der Waals surface area contributed by atoms with Gasteiger partial charge in [0.25, 0.3) is 11.8 Å². The number of aliphatic carboxylic acids is 1. The Bertz CT molecular complexity index is 1050. The number of ether oxygens (including phenoxy) is 1. The molecule has 2 aromatic carbocycles. The highest BCUT2D eigenvalue weighted by molar-refractivity contribution is 6.09. The Morgan fingerprint density at radius 2 is 1.91 bits per heavy atom. The van der Waals surface area contributed by atoms with E-state index in [9.17, 15) is 19.2 Å². The summed E-state index contributed by atoms with van der Waals surface area (Å²) in [6, 6.07) is 11.0. The monoisotopic (exact) mass is 455 g/mol. The van der Waals surface area contributed by atoms with Crippen LogP contribution in [0.2, 0.25) is 0 Å². The van der Waals surface area contributed by atoms with Crippen molar-refractivity contribution in [2.45, 2.75) is 19.8 Å². The minimum atomic E-state index is -0.979. The molecule has 0 saturated carbocycles. The Morgan fingerprint density at radius 1 is 1.12 bits per heavy atom. The lowest BCUT2D eigenvalue weighted by Crippen LogP contribution is -2.31. The first kappa shape index (κ1) is 25.0. The largest absolute Gasteiger partial charge is 0.481 e. The molecule has 174 valence electrons. The van der Waals surface area contributed by atoms with Crippen LogP contribution in [0.15, 0.2) is 47.5 Å². The maximum Gasteiger partial charge on any atom is 0.325 e. The number of rotatable bonds is 11. The summed E-state index contributed by atoms with van der Waals surface area (Å²) >= 11 is 0. The van der Waals surface area contributed by atoms with E-state index in [-0.39, 0.29) is 42.8 Å². The molecule has 2 rings (SSSR count). The molecule has 0 aromatic heterocycles. The molecule has 0 aliphatic rings. The van der Waals surface area contributed by atoms with Gasteiger partial charge in [-0.3, -0.25) is 19.2 Å². The fourth-order valence-corrected chi connectivity index (χ4v) is 2.79. The average Bonchev–Trinajstić information content (AvgIpc) is 2.80. The standard InChI is InChI=1S/C22H25N5O6/c1-2-33-20(30)12-24-22(32)17-10-14(7-9-19(28)29)6-8-18(17)27-21(31)15-4-3-5-16(11-15)25-13-26-23/h3-6,8,10-11,13H,2,7,9,12,23H2,1H3,(H,24,32)(H,25,26)(H,27,31)(H,28,29). The Morgan fingerprint density at radius 3 is 2.61 bits per heavy atom. The van der Waals surface area contributed by atoms with Crippen LogP contribution in [-0.4, -0.2) is 48.3 Å². The van der Waals surface area contributed by atoms with Crippen molar-refractivity contribution in [3.05, 3.63) is 59.2 Å². The molecule has 0 spiro atoms. The number of carboxylic acid groups (broad SMARTS) is 1. The number of nitrogens with two attached hydrogens (primary N) is 1. The molecule has 0 bridgehead atoms. The smallest absolute Gasteiger partial charge is 0.325 e. The first-order valence-electron chi connectivity index (χ1n) is 10.0. The van der Waals surface area contributed by atoms with E-state index in [1.165, 1.54) is 24.5 Å². The number of aliphatic imine (C=N–C) groups is 1. The number of carbonyl (C=O) groups is 4. The van der Waals surface area contributed by atoms with Crippen molar-refractivity contribution in [1.82, 2.24) is 10.7 Å². The number of nitrogens with one attached hydrogen (secondary N) is 3. The summed E-state index contributed by atoms with van der Waals surface area (Å²) in [6.07, 6.45) is 1.33. The van der Waals surface area contributed by atoms with Gasteiger partial charge in [0.1, 0.15) is 12.9 Å². The topological polar surface area (TPSA) is 172 Å². The van der Waals surface area contributed by atoms with E-state index in [0.29, 0.717) is 11.3 Å². The maximum atomic E-state index is 12.8. The third-order valence-electron chi connectivity index (χ3n) is 4.30. The predicted octanol–water partition coefficient (Wildman–Crippen LogP) is 1.37. The van der Waals surface area contributed by atoms with Crippen LogP contribution in [0.3, 0.4) is 0 Å². The molecule has 0 saturated heterocycles. The van der Waals surface area contributed by atoms with Crippen LogP contribution in [0.4, 0.5) is 11.4 Å². The van der Waals surface area contributed by atoms with Crippen LogP contribution in [-0.2, 0) is 20.7 Å². The van der Waals surface area contributed by atoms with Gasteiger partial charge in [0.05, 0.1) is 23.5 Å². The average molecular weight is 455 g/mol. The van der Waals surface area contributed by atoms with Gasteiger partial charge in [-0.15, -0.1) is 0 Å². The fraction of sp³-hybridized carbons (Fsp3) is 0.227. The van der Waals surface area contributed by atoms with Crippen LogP contribution in [0.25, 0.3) is 0 Å². The Hall–Kier alpha value is -4.25. The lowest BCUT2D eigenvalue weighted by atomic mass is 10.0. The van der Waals surface area contributed by atoms with Crippen molar-refractivity contribution in [1.29, 1.82) is 0 Å². The van der Waals surface area contributed by atoms with Crippen LogP contribution < -0.4 is 21.9 Å². The van der Waals surface area contributed by atoms with Crippen molar-refractivity contribution in [3.63, 3.8) is 0 Å². The number of benzene rings is 2. The summed E-state index contributed by atoms with van der Waals surface area (Å²) in [4.78, 5) is 52.0. The number of hydrogen-bond acceptors (Lipinski definition) is 7. The van der Waals surface area contributed by atoms with Crippen molar-refractivity contribution in [2.24, 2.45) is 10.8 Å². The lowest BCUT2D eigenvalue weighted by Gasteiger charge is -2.13. The summed E-state index contributed by atoms with van der Waals surface area (Å²) in [7, 11) is 0. The molecule has 33 heavy (non-hydrogen) atoms. The number of anilines is 1. The van der Waals surface area contributed by atoms with Crippen LogP contribution >= 0.6 is 0 Å². The van der Waals surface area contributed by atoms with E-state index in [0.717, 1.165) is 0 Å². The molecule has 0 aliphatic carbocycles. The maximum absolute atomic E-state index is 12.8. The van der Waals surface area contributed by atoms with Gasteiger partial charge in [0.15, 0.2) is 0 Å². The number of aryl methyl sites for hydroxylation is 1. The first-order valence-corrected chi connectivity index (χ1v) is 10.0. The van der Waals surface area contributed by atoms with Gasteiger partial charge in [-0.25, -0.2) is 10.8 Å². The quantitative estimate of drug-likeness (QED) is 0.111. The zero-order valence-electron chi connectivity index (χ0n) is 18.0. The summed E-state index contributed by atoms with van der Waals surface area (Å²) in [5.41, 5.74) is 3.90. The number of carbonyl (C=O) groups excluding carboxylic acids is 3. The number of carboxylic acids is 1. The van der Waals surface area contributed by atoms with Crippen molar-refractivity contribution < 1.29 is 29.0 Å². The van der Waals surface area contributed by atoms with Gasteiger partial charge < -0.3 is 25.9 Å². The molecule has 0 heterocycles. The molecule has 0 unspecified atom stereocenters. The van der Waals surface area contributed by atoms with E-state index in [1.807, 2.05) is 0 Å². The predicted molar refractivity (Wildman–Crippen MR) is 121 cm³/mol. The summed E-state index contributed by atoms with van der Waals surface area (Å²) < 4.78 is 4.80. The molecule has 11 nitrogen and oxygen atoms in total. The van der Waals surface area contributed by atoms with Gasteiger partial charge in [0.2, 0.25) is 0 Å². The molecule has 0 radical (unpaired) electrons. The van der Waals surface area contributed by atoms with Crippen molar-refractivity contribution >= 4 is 41.5 Å². The van der Waals surface area contributed by atoms with Crippen molar-refractivity contribution in [2.75, 3.05) is 18.5 Å². The third-order valence-corrected chi connectivity index (χ3v) is 4.30. The number of amides is 2. The summed E-state index contributed by atoms with van der Waals surface area (Å²) in [5, 5.41) is 14.0. The summed E-state index contributed by atoms with van der Waals surface area (Å²) in [6.45, 7) is 1.46. The Kier molecular flexibility index (Phi) is 9.53. The number of hydrazine groups is 1. The fourth-order valence-electron chi connectivity index (χ4n) is 2.79. The van der Waals surface area contributed by atoms with Gasteiger partial charge in [-0.05, 0) is 49.2 Å². The molecule has 0 atom stereocenters. The summed E-state index contributed by atoms with van der Waals surface area (Å²) in [5.74, 6) is 2.45. The second-order valence-electron chi connectivity index (χ2n) is 6.69. The van der Waals surface area contributed by atoms with E-state index < -0.39 is 23.8 Å². The normalized spacial score (nSPS) is 10.5. The molecule has 2 aromatic rings. The van der Waals surface area contributed by atoms with Crippen LogP contribution in [0, 0.1) is 0 Å². The molecular formula is C22H25N5O6. The lowest BCUT2D eigenvalue weighted by molar-refractivity contribution is -0.142. The van der Waals surface area contributed by atoms with Gasteiger partial charge in [0, 0.05) is 12.0 Å². The molecule has 0 aliphatic heterocycles. The Labute approximate surface area is 190 Å². The number of esters is 1. The number of nitrogens with zero attached hydrogens (tertiary/aromatic N) is 1. The molecular weight excluding hydrogens is 430 g/mol. The second kappa shape index (κ2) is 12.6. The zero-order valence-corrected chi connectivity index (χ0v) is 18.0. The first-order chi connectivity index (χ1) is 15.8. The van der Waals surface area contributed by atoms with Crippen LogP contribution in [0.5, 0.6) is 0 Å². The minimum Gasteiger partial charge on any atom is -0.481 e. The second-order valence-corrected chi connectivity index (χ2v) is 6.69. The van der Waals surface area contributed by atoms with Gasteiger partial charge >= 0.3 is 11.9 Å². The zero-order chi connectivity index (χ0) is 24.2. The van der Waals surface area contributed by atoms with Gasteiger partial charge in [-0.2, -0.15) is 0 Å². The van der Waals surface area contributed by atoms with E-state index in [4.69, 9.17) is 15.7 Å². The third kappa shape index (κ3) is 8.07. The van der Waals surface area contributed by atoms with E-state index >= 15 is 0 Å². The van der Waals surface area contributed by atoms with E-state index in [2.05, 4.69) is 21.1 Å². The molecule has 6 N–H and O–H groups in total. The molecule has 11 heteroatoms. The highest BCUT2D eigenvalue weighted by atomic mass is 16.5. The molecule has 2 amide bonds. The van der Waals surface area contributed by atoms with E-state index in [1.54, 1.807) is 31.2 Å². The van der Waals surface area contributed by atoms with Crippen LogP contribution in [0.1, 0.15) is 39.6 Å². The van der Waals surface area contributed by atoms with Crippen molar-refractivity contribution in [3.8, 4) is 0 Å². The van der Waals surface area contributed by atoms with Gasteiger partial charge in [-0.1, -0.05) is 12.1 Å². The molecule has 0 fully saturated rings. The highest BCUT2D eigenvalue weighted by Crippen LogP contribution is 2.21. The number of hydrogen-bond donors (Lipinski definition) is 5. The minimum absolute atomic E-state index is 0.0806. The SMILES string of the molecule is CCOC(=O)CNC(=O)c1cc(CCC(=O)O)ccc1NC(=O)c1cccc(N=CNN)c1. The highest BCUT2D eigenvalue weighted by Gasteiger charge is 2.17. The Balaban J connectivity index is 2.27.